The molecule has 0 saturated carbocycles. The molecule has 2 N–H and O–H groups in total. The second-order valence-electron chi connectivity index (χ2n) is 5.72. The Balaban J connectivity index is 1.55. The standard InChI is InChI=1S/C18H15F3N4O2/c19-18(20,21)14-7-4-8-15(11-14)22-17(26)23-16-12-25(24-27-16)10-9-13-5-2-1-3-6-13/h1-8,11-12H,9-10H2,(H-,22,23,24,26)/p+1. The number of halogens is 3. The van der Waals surface area contributed by atoms with E-state index in [1.807, 2.05) is 30.3 Å². The summed E-state index contributed by atoms with van der Waals surface area (Å²) in [5, 5.41) is 8.50. The third-order valence-electron chi connectivity index (χ3n) is 3.67. The van der Waals surface area contributed by atoms with Crippen LogP contribution in [0, 0.1) is 0 Å². The third-order valence-corrected chi connectivity index (χ3v) is 3.67. The summed E-state index contributed by atoms with van der Waals surface area (Å²) in [5.74, 6) is 0.0764. The molecule has 0 aliphatic rings. The van der Waals surface area contributed by atoms with Gasteiger partial charge < -0.3 is 5.32 Å². The van der Waals surface area contributed by atoms with Crippen LogP contribution in [0.2, 0.25) is 0 Å². The molecule has 0 unspecified atom stereocenters. The Hall–Kier alpha value is -3.36. The minimum absolute atomic E-state index is 0.0128. The number of hydrogen-bond acceptors (Lipinski definition) is 3. The van der Waals surface area contributed by atoms with Crippen molar-refractivity contribution in [3.63, 3.8) is 0 Å². The molecule has 27 heavy (non-hydrogen) atoms. The summed E-state index contributed by atoms with van der Waals surface area (Å²) in [7, 11) is 0. The molecule has 0 aliphatic heterocycles. The van der Waals surface area contributed by atoms with E-state index in [9.17, 15) is 18.0 Å². The maximum atomic E-state index is 12.7. The topological polar surface area (TPSA) is 71.0 Å². The minimum Gasteiger partial charge on any atom is -0.308 e. The highest BCUT2D eigenvalue weighted by Crippen LogP contribution is 2.30. The van der Waals surface area contributed by atoms with E-state index in [0.29, 0.717) is 6.54 Å². The molecule has 0 spiro atoms. The average Bonchev–Trinajstić information content (AvgIpc) is 3.07. The number of benzene rings is 2. The van der Waals surface area contributed by atoms with E-state index < -0.39 is 17.8 Å². The molecule has 0 bridgehead atoms. The van der Waals surface area contributed by atoms with Crippen LogP contribution in [0.25, 0.3) is 0 Å². The van der Waals surface area contributed by atoms with E-state index in [1.54, 1.807) is 0 Å². The number of nitrogens with zero attached hydrogens (tertiary/aromatic N) is 2. The maximum Gasteiger partial charge on any atom is 0.416 e. The lowest BCUT2D eigenvalue weighted by Gasteiger charge is -2.09. The average molecular weight is 377 g/mol. The summed E-state index contributed by atoms with van der Waals surface area (Å²) in [5.41, 5.74) is 0.294. The van der Waals surface area contributed by atoms with Crippen molar-refractivity contribution >= 4 is 17.6 Å². The van der Waals surface area contributed by atoms with Crippen LogP contribution in [-0.4, -0.2) is 11.3 Å². The lowest BCUT2D eigenvalue weighted by atomic mass is 10.1. The van der Waals surface area contributed by atoms with E-state index in [0.717, 1.165) is 24.1 Å². The highest BCUT2D eigenvalue weighted by atomic mass is 19.4. The molecule has 0 aliphatic carbocycles. The van der Waals surface area contributed by atoms with E-state index in [-0.39, 0.29) is 11.6 Å². The molecule has 1 heterocycles. The fraction of sp³-hybridized carbons (Fsp3) is 0.167. The van der Waals surface area contributed by atoms with Crippen LogP contribution in [0.15, 0.2) is 65.3 Å². The number of carbonyl (C=O) groups excluding carboxylic acids is 1. The summed E-state index contributed by atoms with van der Waals surface area (Å²) in [4.78, 5) is 11.9. The maximum absolute atomic E-state index is 12.7. The number of alkyl halides is 3. The summed E-state index contributed by atoms with van der Waals surface area (Å²) in [6, 6.07) is 13.4. The smallest absolute Gasteiger partial charge is 0.308 e. The summed E-state index contributed by atoms with van der Waals surface area (Å²) >= 11 is 0. The molecule has 3 rings (SSSR count). The minimum atomic E-state index is -4.48. The normalized spacial score (nSPS) is 11.2. The highest BCUT2D eigenvalue weighted by Gasteiger charge is 2.30. The molecule has 0 radical (unpaired) electrons. The van der Waals surface area contributed by atoms with Crippen molar-refractivity contribution in [2.75, 3.05) is 10.6 Å². The van der Waals surface area contributed by atoms with Crippen molar-refractivity contribution in [2.45, 2.75) is 19.1 Å². The molecule has 1 aromatic heterocycles. The predicted molar refractivity (Wildman–Crippen MR) is 90.9 cm³/mol. The van der Waals surface area contributed by atoms with Gasteiger partial charge in [-0.05, 0) is 23.8 Å². The number of amides is 2. The van der Waals surface area contributed by atoms with Gasteiger partial charge in [0.15, 0.2) is 6.54 Å². The van der Waals surface area contributed by atoms with Gasteiger partial charge in [0.05, 0.1) is 5.56 Å². The van der Waals surface area contributed by atoms with E-state index in [1.165, 1.54) is 23.0 Å². The zero-order valence-electron chi connectivity index (χ0n) is 14.0. The van der Waals surface area contributed by atoms with Gasteiger partial charge in [0, 0.05) is 12.1 Å². The van der Waals surface area contributed by atoms with Crippen molar-refractivity contribution in [1.82, 2.24) is 5.27 Å². The van der Waals surface area contributed by atoms with Gasteiger partial charge in [-0.3, -0.25) is 9.84 Å². The Morgan fingerprint density at radius 3 is 2.59 bits per heavy atom. The second kappa shape index (κ2) is 7.90. The SMILES string of the molecule is O=C(Nc1cccc(C(F)(F)F)c1)Nc1c[n+](CCc2ccccc2)no1. The third kappa shape index (κ3) is 5.30. The van der Waals surface area contributed by atoms with Crippen LogP contribution in [0.4, 0.5) is 29.5 Å². The zero-order valence-corrected chi connectivity index (χ0v) is 14.0. The lowest BCUT2D eigenvalue weighted by molar-refractivity contribution is -0.761. The van der Waals surface area contributed by atoms with E-state index >= 15 is 0 Å². The van der Waals surface area contributed by atoms with Gasteiger partial charge in [-0.1, -0.05) is 41.1 Å². The van der Waals surface area contributed by atoms with Crippen LogP contribution >= 0.6 is 0 Å². The molecule has 9 heteroatoms. The Morgan fingerprint density at radius 1 is 1.07 bits per heavy atom. The Morgan fingerprint density at radius 2 is 1.85 bits per heavy atom. The van der Waals surface area contributed by atoms with Gasteiger partial charge in [-0.2, -0.15) is 13.2 Å². The first kappa shape index (κ1) is 18.4. The fourth-order valence-electron chi connectivity index (χ4n) is 2.38. The van der Waals surface area contributed by atoms with Gasteiger partial charge in [-0.25, -0.2) is 4.79 Å². The van der Waals surface area contributed by atoms with Crippen LogP contribution in [0.5, 0.6) is 0 Å². The van der Waals surface area contributed by atoms with Crippen molar-refractivity contribution in [3.05, 3.63) is 71.9 Å². The number of aromatic nitrogens is 2. The van der Waals surface area contributed by atoms with Crippen LogP contribution in [0.1, 0.15) is 11.1 Å². The second-order valence-corrected chi connectivity index (χ2v) is 5.72. The first-order valence-corrected chi connectivity index (χ1v) is 8.06. The summed E-state index contributed by atoms with van der Waals surface area (Å²) < 4.78 is 44.6. The molecule has 0 atom stereocenters. The van der Waals surface area contributed by atoms with Crippen molar-refractivity contribution in [2.24, 2.45) is 0 Å². The number of aryl methyl sites for hydroxylation is 2. The Kier molecular flexibility index (Phi) is 5.39. The Bertz CT molecular complexity index is 910. The van der Waals surface area contributed by atoms with Crippen LogP contribution in [0.3, 0.4) is 0 Å². The summed E-state index contributed by atoms with van der Waals surface area (Å²) in [6.45, 7) is 0.546. The number of carbonyl (C=O) groups is 1. The number of rotatable bonds is 5. The Labute approximate surface area is 152 Å². The van der Waals surface area contributed by atoms with E-state index in [4.69, 9.17) is 4.52 Å². The monoisotopic (exact) mass is 377 g/mol. The molecular weight excluding hydrogens is 361 g/mol. The first-order chi connectivity index (χ1) is 12.9. The van der Waals surface area contributed by atoms with Gasteiger partial charge >= 0.3 is 18.1 Å². The van der Waals surface area contributed by atoms with Crippen molar-refractivity contribution in [3.8, 4) is 0 Å². The lowest BCUT2D eigenvalue weighted by Crippen LogP contribution is -2.35. The van der Waals surface area contributed by atoms with Gasteiger partial charge in [0.25, 0.3) is 6.20 Å². The van der Waals surface area contributed by atoms with Crippen LogP contribution < -0.4 is 15.3 Å². The quantitative estimate of drug-likeness (QED) is 0.663. The van der Waals surface area contributed by atoms with Crippen molar-refractivity contribution < 1.29 is 27.2 Å². The first-order valence-electron chi connectivity index (χ1n) is 8.06. The number of anilines is 2. The zero-order chi connectivity index (χ0) is 19.3. The number of nitrogens with one attached hydrogen (secondary N) is 2. The van der Waals surface area contributed by atoms with Crippen molar-refractivity contribution in [1.29, 1.82) is 0 Å². The molecule has 140 valence electrons. The van der Waals surface area contributed by atoms with Gasteiger partial charge in [-0.15, -0.1) is 0 Å². The molecule has 0 saturated heterocycles. The molecule has 6 nitrogen and oxygen atoms in total. The number of urea groups is 1. The summed E-state index contributed by atoms with van der Waals surface area (Å²) in [6.07, 6.45) is -2.26. The van der Waals surface area contributed by atoms with Gasteiger partial charge in [0.2, 0.25) is 5.27 Å². The van der Waals surface area contributed by atoms with Gasteiger partial charge in [0.1, 0.15) is 0 Å². The van der Waals surface area contributed by atoms with E-state index in [2.05, 4.69) is 15.9 Å². The molecule has 0 fully saturated rings. The molecular formula is C18H16F3N4O2+. The molecule has 3 aromatic rings. The predicted octanol–water partition coefficient (Wildman–Crippen LogP) is 3.87. The molecule has 2 aromatic carbocycles. The fourth-order valence-corrected chi connectivity index (χ4v) is 2.38. The molecule has 2 amide bonds. The number of hydrogen-bond donors (Lipinski definition) is 2. The van der Waals surface area contributed by atoms with Crippen LogP contribution in [-0.2, 0) is 19.1 Å². The largest absolute Gasteiger partial charge is 0.416 e. The highest BCUT2D eigenvalue weighted by molar-refractivity contribution is 5.98.